The minimum Gasteiger partial charge on any atom is -0.355 e. The molecule has 2 aliphatic carbocycles. The lowest BCUT2D eigenvalue weighted by molar-refractivity contribution is -0.134. The summed E-state index contributed by atoms with van der Waals surface area (Å²) in [7, 11) is 0. The van der Waals surface area contributed by atoms with Gasteiger partial charge in [-0.05, 0) is 50.9 Å². The molecule has 9 nitrogen and oxygen atoms in total. The molecule has 176 valence electrons. The number of hydrazine groups is 1. The largest absolute Gasteiger partial charge is 0.355 e. The molecule has 10 heteroatoms. The van der Waals surface area contributed by atoms with Gasteiger partial charge < -0.3 is 5.32 Å². The van der Waals surface area contributed by atoms with Crippen LogP contribution in [0.5, 0.6) is 0 Å². The third-order valence-electron chi connectivity index (χ3n) is 7.26. The number of hydrogen-bond acceptors (Lipinski definition) is 7. The molecule has 4 rings (SSSR count). The van der Waals surface area contributed by atoms with Crippen molar-refractivity contribution in [2.45, 2.75) is 88.9 Å². The quantitative estimate of drug-likeness (QED) is 0.305. The topological polar surface area (TPSA) is 116 Å². The lowest BCUT2D eigenvalue weighted by Crippen LogP contribution is -2.64. The van der Waals surface area contributed by atoms with Gasteiger partial charge >= 0.3 is 0 Å². The number of alkyl halides is 1. The number of hydrogen-bond donors (Lipinski definition) is 6. The van der Waals surface area contributed by atoms with Crippen LogP contribution >= 0.6 is 0 Å². The Labute approximate surface area is 183 Å². The molecule has 2 saturated heterocycles. The van der Waals surface area contributed by atoms with Crippen LogP contribution in [0.4, 0.5) is 4.39 Å². The molecule has 2 aliphatic heterocycles. The third-order valence-corrected chi connectivity index (χ3v) is 7.26. The van der Waals surface area contributed by atoms with Crippen molar-refractivity contribution < 1.29 is 18.8 Å². The number of halogens is 1. The Hall–Kier alpha value is -1.33. The Balaban J connectivity index is 1.08. The van der Waals surface area contributed by atoms with Crippen molar-refractivity contribution in [2.75, 3.05) is 13.1 Å². The second kappa shape index (κ2) is 11.0. The van der Waals surface area contributed by atoms with Crippen LogP contribution in [0.1, 0.15) is 64.2 Å². The van der Waals surface area contributed by atoms with Gasteiger partial charge in [0.2, 0.25) is 11.8 Å². The average Bonchev–Trinajstić information content (AvgIpc) is 3.26. The molecule has 2 amide bonds. The maximum absolute atomic E-state index is 13.3. The Morgan fingerprint density at radius 3 is 2.74 bits per heavy atom. The average molecular weight is 441 g/mol. The molecule has 0 spiro atoms. The Kier molecular flexibility index (Phi) is 8.11. The summed E-state index contributed by atoms with van der Waals surface area (Å²) in [5, 5.41) is 9.75. The molecule has 0 bridgehead atoms. The molecule has 0 radical (unpaired) electrons. The van der Waals surface area contributed by atoms with Crippen molar-refractivity contribution in [3.63, 3.8) is 0 Å². The molecule has 5 atom stereocenters. The normalized spacial score (nSPS) is 38.4. The molecule has 6 N–H and O–H groups in total. The number of carbonyl (C=O) groups excluding carboxylic acids is 2. The summed E-state index contributed by atoms with van der Waals surface area (Å²) in [4.78, 5) is 29.8. The fraction of sp³-hybridized carbons (Fsp3) is 0.905. The monoisotopic (exact) mass is 440 g/mol. The van der Waals surface area contributed by atoms with E-state index >= 15 is 0 Å². The van der Waals surface area contributed by atoms with Crippen LogP contribution in [0, 0.1) is 17.8 Å². The minimum absolute atomic E-state index is 0.00552. The first-order chi connectivity index (χ1) is 15.1. The van der Waals surface area contributed by atoms with E-state index in [-0.39, 0.29) is 36.3 Å². The van der Waals surface area contributed by atoms with Crippen molar-refractivity contribution >= 4 is 11.8 Å². The van der Waals surface area contributed by atoms with Crippen molar-refractivity contribution in [1.29, 1.82) is 0 Å². The predicted molar refractivity (Wildman–Crippen MR) is 113 cm³/mol. The predicted octanol–water partition coefficient (Wildman–Crippen LogP) is 0.544. The molecule has 2 heterocycles. The van der Waals surface area contributed by atoms with Crippen molar-refractivity contribution in [3.8, 4) is 0 Å². The molecule has 0 aromatic carbocycles. The van der Waals surface area contributed by atoms with Crippen LogP contribution in [-0.4, -0.2) is 49.6 Å². The molecule has 4 fully saturated rings. The van der Waals surface area contributed by atoms with E-state index in [1.54, 1.807) is 0 Å². The number of amides is 2. The molecule has 0 aromatic rings. The van der Waals surface area contributed by atoms with Crippen LogP contribution in [0.2, 0.25) is 0 Å². The van der Waals surface area contributed by atoms with Gasteiger partial charge in [0.25, 0.3) is 0 Å². The van der Waals surface area contributed by atoms with Gasteiger partial charge in [-0.3, -0.25) is 30.5 Å². The maximum atomic E-state index is 13.3. The van der Waals surface area contributed by atoms with Crippen molar-refractivity contribution in [3.05, 3.63) is 0 Å². The lowest BCUT2D eigenvalue weighted by atomic mass is 9.76. The van der Waals surface area contributed by atoms with E-state index in [1.807, 2.05) is 0 Å². The van der Waals surface area contributed by atoms with E-state index in [2.05, 4.69) is 32.3 Å². The molecule has 2 saturated carbocycles. The third kappa shape index (κ3) is 6.13. The number of rotatable bonds is 8. The van der Waals surface area contributed by atoms with E-state index in [4.69, 9.17) is 4.84 Å². The number of carbonyl (C=O) groups is 2. The van der Waals surface area contributed by atoms with Gasteiger partial charge in [-0.15, -0.1) is 0 Å². The molecular weight excluding hydrogens is 403 g/mol. The Bertz CT molecular complexity index is 618. The fourth-order valence-corrected chi connectivity index (χ4v) is 5.43. The summed E-state index contributed by atoms with van der Waals surface area (Å²) in [6.45, 7) is 1.18. The van der Waals surface area contributed by atoms with Crippen LogP contribution < -0.4 is 32.3 Å². The van der Waals surface area contributed by atoms with Gasteiger partial charge in [0.1, 0.15) is 12.4 Å². The summed E-state index contributed by atoms with van der Waals surface area (Å²) in [5.74, 6) is 0.869. The standard InChI is InChI=1S/C21H37FN6O3/c22-14-7-5-13(6-8-14)19-25-18(31-28-19)10-9-17(29)23-11-12-24-20-15-3-1-2-4-16(15)21(30)27-26-20/h13-16,18-20,24-26,28H,1-12H2,(H,23,29)(H,27,30). The minimum atomic E-state index is -0.663. The van der Waals surface area contributed by atoms with Gasteiger partial charge in [-0.2, -0.15) is 5.48 Å². The van der Waals surface area contributed by atoms with Crippen LogP contribution in [0.15, 0.2) is 0 Å². The lowest BCUT2D eigenvalue weighted by Gasteiger charge is -2.41. The van der Waals surface area contributed by atoms with Gasteiger partial charge in [0.15, 0.2) is 0 Å². The molecule has 0 aromatic heterocycles. The summed E-state index contributed by atoms with van der Waals surface area (Å²) in [5.41, 5.74) is 8.87. The fourth-order valence-electron chi connectivity index (χ4n) is 5.43. The highest BCUT2D eigenvalue weighted by Gasteiger charge is 2.39. The Morgan fingerprint density at radius 1 is 1.10 bits per heavy atom. The highest BCUT2D eigenvalue weighted by Crippen LogP contribution is 2.33. The van der Waals surface area contributed by atoms with E-state index in [0.29, 0.717) is 50.6 Å². The summed E-state index contributed by atoms with van der Waals surface area (Å²) >= 11 is 0. The zero-order valence-corrected chi connectivity index (χ0v) is 18.1. The van der Waals surface area contributed by atoms with Crippen LogP contribution in [0.25, 0.3) is 0 Å². The van der Waals surface area contributed by atoms with E-state index < -0.39 is 6.17 Å². The van der Waals surface area contributed by atoms with Gasteiger partial charge in [0, 0.05) is 31.3 Å². The summed E-state index contributed by atoms with van der Waals surface area (Å²) in [6, 6.07) is 0. The summed E-state index contributed by atoms with van der Waals surface area (Å²) in [6.07, 6.45) is 7.43. The van der Waals surface area contributed by atoms with E-state index in [1.165, 1.54) is 0 Å². The number of hydroxylamine groups is 1. The van der Waals surface area contributed by atoms with Crippen LogP contribution in [-0.2, 0) is 14.4 Å². The molecule has 31 heavy (non-hydrogen) atoms. The van der Waals surface area contributed by atoms with Crippen molar-refractivity contribution in [2.24, 2.45) is 17.8 Å². The number of fused-ring (bicyclic) bond motifs is 1. The van der Waals surface area contributed by atoms with Gasteiger partial charge in [0.05, 0.1) is 12.3 Å². The summed E-state index contributed by atoms with van der Waals surface area (Å²) < 4.78 is 13.3. The molecule has 5 unspecified atom stereocenters. The zero-order chi connectivity index (χ0) is 21.6. The smallest absolute Gasteiger partial charge is 0.237 e. The molecule has 4 aliphatic rings. The zero-order valence-electron chi connectivity index (χ0n) is 18.1. The second-order valence-electron chi connectivity index (χ2n) is 9.39. The maximum Gasteiger partial charge on any atom is 0.237 e. The Morgan fingerprint density at radius 2 is 1.90 bits per heavy atom. The second-order valence-corrected chi connectivity index (χ2v) is 9.39. The van der Waals surface area contributed by atoms with E-state index in [9.17, 15) is 14.0 Å². The van der Waals surface area contributed by atoms with Gasteiger partial charge in [-0.1, -0.05) is 12.8 Å². The number of nitrogens with one attached hydrogen (secondary N) is 6. The highest BCUT2D eigenvalue weighted by atomic mass is 19.1. The first-order valence-corrected chi connectivity index (χ1v) is 12.0. The first kappa shape index (κ1) is 22.8. The van der Waals surface area contributed by atoms with Gasteiger partial charge in [-0.25, -0.2) is 9.82 Å². The molecular formula is C21H37FN6O3. The highest BCUT2D eigenvalue weighted by molar-refractivity contribution is 5.79. The SMILES string of the molecule is O=C(CCC1NC(C2CCC(F)CC2)NO1)NCCNC1NNC(=O)C2CCCCC12. The van der Waals surface area contributed by atoms with Crippen LogP contribution in [0.3, 0.4) is 0 Å². The first-order valence-electron chi connectivity index (χ1n) is 12.0. The van der Waals surface area contributed by atoms with E-state index in [0.717, 1.165) is 38.5 Å². The van der Waals surface area contributed by atoms with Crippen molar-refractivity contribution in [1.82, 2.24) is 32.3 Å².